The molecule has 1 rings (SSSR count). The third-order valence-electron chi connectivity index (χ3n) is 3.49. The van der Waals surface area contributed by atoms with Crippen molar-refractivity contribution in [3.8, 4) is 0 Å². The number of nitrogens with two attached hydrogens (primary N) is 1. The number of benzene rings is 1. The summed E-state index contributed by atoms with van der Waals surface area (Å²) in [6, 6.07) is 4.30. The molecule has 1 atom stereocenters. The Bertz CT molecular complexity index is 455. The molecule has 0 saturated carbocycles. The molecule has 0 bridgehead atoms. The summed E-state index contributed by atoms with van der Waals surface area (Å²) in [7, 11) is 1.81. The zero-order valence-electron chi connectivity index (χ0n) is 13.2. The van der Waals surface area contributed by atoms with Gasteiger partial charge >= 0.3 is 6.18 Å². The van der Waals surface area contributed by atoms with E-state index >= 15 is 0 Å². The standard InChI is InChI=1S/C16H25F3N2/c1-5-13(20)8-12-6-7-14(21(4)10-11(2)3)9-15(12)16(17,18)19/h6-7,9,11,13H,5,8,10,20H2,1-4H3. The first-order chi connectivity index (χ1) is 9.65. The minimum atomic E-state index is -4.35. The van der Waals surface area contributed by atoms with Crippen LogP contribution in [0.4, 0.5) is 18.9 Å². The first-order valence-corrected chi connectivity index (χ1v) is 7.32. The van der Waals surface area contributed by atoms with Gasteiger partial charge in [-0.15, -0.1) is 0 Å². The van der Waals surface area contributed by atoms with Crippen molar-refractivity contribution in [1.82, 2.24) is 0 Å². The Balaban J connectivity index is 3.13. The lowest BCUT2D eigenvalue weighted by Gasteiger charge is -2.24. The SMILES string of the molecule is CCC(N)Cc1ccc(N(C)CC(C)C)cc1C(F)(F)F. The fourth-order valence-electron chi connectivity index (χ4n) is 2.32. The second kappa shape index (κ2) is 7.16. The van der Waals surface area contributed by atoms with Gasteiger partial charge in [-0.1, -0.05) is 26.8 Å². The van der Waals surface area contributed by atoms with Gasteiger partial charge in [-0.3, -0.25) is 0 Å². The first-order valence-electron chi connectivity index (χ1n) is 7.32. The average Bonchev–Trinajstić information content (AvgIpc) is 2.36. The minimum Gasteiger partial charge on any atom is -0.374 e. The van der Waals surface area contributed by atoms with E-state index in [0.29, 0.717) is 24.6 Å². The van der Waals surface area contributed by atoms with Crippen molar-refractivity contribution >= 4 is 5.69 Å². The summed E-state index contributed by atoms with van der Waals surface area (Å²) in [6.45, 7) is 6.67. The number of halogens is 3. The van der Waals surface area contributed by atoms with Crippen molar-refractivity contribution in [2.75, 3.05) is 18.5 Å². The molecule has 2 nitrogen and oxygen atoms in total. The van der Waals surface area contributed by atoms with Crippen molar-refractivity contribution in [2.24, 2.45) is 11.7 Å². The van der Waals surface area contributed by atoms with Crippen molar-refractivity contribution in [3.05, 3.63) is 29.3 Å². The molecular weight excluding hydrogens is 277 g/mol. The van der Waals surface area contributed by atoms with Crippen LogP contribution in [-0.2, 0) is 12.6 Å². The van der Waals surface area contributed by atoms with Crippen molar-refractivity contribution in [3.63, 3.8) is 0 Å². The highest BCUT2D eigenvalue weighted by molar-refractivity contribution is 5.51. The molecule has 21 heavy (non-hydrogen) atoms. The quantitative estimate of drug-likeness (QED) is 0.858. The average molecular weight is 302 g/mol. The zero-order chi connectivity index (χ0) is 16.2. The molecule has 0 saturated heterocycles. The third-order valence-corrected chi connectivity index (χ3v) is 3.49. The summed E-state index contributed by atoms with van der Waals surface area (Å²) in [5.74, 6) is 0.387. The fraction of sp³-hybridized carbons (Fsp3) is 0.625. The van der Waals surface area contributed by atoms with Gasteiger partial charge in [0.05, 0.1) is 5.56 Å². The van der Waals surface area contributed by atoms with Gasteiger partial charge in [0.25, 0.3) is 0 Å². The predicted molar refractivity (Wildman–Crippen MR) is 81.5 cm³/mol. The maximum atomic E-state index is 13.2. The molecule has 1 aromatic carbocycles. The van der Waals surface area contributed by atoms with Crippen molar-refractivity contribution < 1.29 is 13.2 Å². The van der Waals surface area contributed by atoms with Crippen LogP contribution in [0.5, 0.6) is 0 Å². The smallest absolute Gasteiger partial charge is 0.374 e. The summed E-state index contributed by atoms with van der Waals surface area (Å²) in [5.41, 5.74) is 6.10. The zero-order valence-corrected chi connectivity index (χ0v) is 13.2. The summed E-state index contributed by atoms with van der Waals surface area (Å²) in [5, 5.41) is 0. The minimum absolute atomic E-state index is 0.245. The highest BCUT2D eigenvalue weighted by atomic mass is 19.4. The van der Waals surface area contributed by atoms with Gasteiger partial charge in [-0.25, -0.2) is 0 Å². The molecule has 0 aromatic heterocycles. The molecule has 0 aliphatic heterocycles. The number of hydrogen-bond donors (Lipinski definition) is 1. The van der Waals surface area contributed by atoms with E-state index < -0.39 is 11.7 Å². The predicted octanol–water partition coefficient (Wildman–Crippen LogP) is 4.08. The molecule has 0 heterocycles. The Morgan fingerprint density at radius 1 is 1.24 bits per heavy atom. The number of anilines is 1. The Morgan fingerprint density at radius 3 is 2.33 bits per heavy atom. The third kappa shape index (κ3) is 5.23. The molecule has 120 valence electrons. The highest BCUT2D eigenvalue weighted by Gasteiger charge is 2.34. The monoisotopic (exact) mass is 302 g/mol. The summed E-state index contributed by atoms with van der Waals surface area (Å²) in [6.07, 6.45) is -3.44. The van der Waals surface area contributed by atoms with Gasteiger partial charge in [0.15, 0.2) is 0 Å². The van der Waals surface area contributed by atoms with Gasteiger partial charge < -0.3 is 10.6 Å². The molecule has 2 N–H and O–H groups in total. The fourth-order valence-corrected chi connectivity index (χ4v) is 2.32. The maximum Gasteiger partial charge on any atom is 0.416 e. The van der Waals surface area contributed by atoms with Crippen LogP contribution >= 0.6 is 0 Å². The molecule has 0 fully saturated rings. The molecule has 1 aromatic rings. The summed E-state index contributed by atoms with van der Waals surface area (Å²) < 4.78 is 39.7. The number of rotatable bonds is 6. The van der Waals surface area contributed by atoms with Gasteiger partial charge in [0.2, 0.25) is 0 Å². The molecule has 0 aliphatic carbocycles. The van der Waals surface area contributed by atoms with Gasteiger partial charge in [0, 0.05) is 25.3 Å². The first kappa shape index (κ1) is 17.8. The number of alkyl halides is 3. The maximum absolute atomic E-state index is 13.2. The topological polar surface area (TPSA) is 29.3 Å². The van der Waals surface area contributed by atoms with Crippen LogP contribution in [0.25, 0.3) is 0 Å². The van der Waals surface area contributed by atoms with Crippen molar-refractivity contribution in [2.45, 2.75) is 45.8 Å². The Morgan fingerprint density at radius 2 is 1.86 bits per heavy atom. The lowest BCUT2D eigenvalue weighted by molar-refractivity contribution is -0.138. The van der Waals surface area contributed by atoms with Gasteiger partial charge in [0.1, 0.15) is 0 Å². The van der Waals surface area contributed by atoms with E-state index in [1.54, 1.807) is 12.1 Å². The summed E-state index contributed by atoms with van der Waals surface area (Å²) >= 11 is 0. The van der Waals surface area contributed by atoms with Crippen molar-refractivity contribution in [1.29, 1.82) is 0 Å². The van der Waals surface area contributed by atoms with E-state index in [1.807, 2.05) is 32.7 Å². The molecule has 0 radical (unpaired) electrons. The van der Waals surface area contributed by atoms with E-state index in [-0.39, 0.29) is 18.0 Å². The van der Waals surface area contributed by atoms with E-state index in [0.717, 1.165) is 0 Å². The normalized spacial score (nSPS) is 13.6. The van der Waals surface area contributed by atoms with Crippen LogP contribution < -0.4 is 10.6 Å². The van der Waals surface area contributed by atoms with Crippen LogP contribution in [-0.4, -0.2) is 19.6 Å². The Kier molecular flexibility index (Phi) is 6.08. The van der Waals surface area contributed by atoms with Gasteiger partial charge in [-0.2, -0.15) is 13.2 Å². The van der Waals surface area contributed by atoms with E-state index in [4.69, 9.17) is 5.73 Å². The molecule has 0 amide bonds. The molecule has 0 spiro atoms. The molecule has 5 heteroatoms. The van der Waals surface area contributed by atoms with Crippen LogP contribution in [0, 0.1) is 5.92 Å². The van der Waals surface area contributed by atoms with Crippen LogP contribution in [0.3, 0.4) is 0 Å². The lowest BCUT2D eigenvalue weighted by atomic mass is 9.98. The van der Waals surface area contributed by atoms with E-state index in [9.17, 15) is 13.2 Å². The molecule has 0 aliphatic rings. The van der Waals surface area contributed by atoms with Crippen LogP contribution in [0.15, 0.2) is 18.2 Å². The number of nitrogens with zero attached hydrogens (tertiary/aromatic N) is 1. The number of hydrogen-bond acceptors (Lipinski definition) is 2. The van der Waals surface area contributed by atoms with E-state index in [1.165, 1.54) is 6.07 Å². The van der Waals surface area contributed by atoms with Crippen LogP contribution in [0.2, 0.25) is 0 Å². The largest absolute Gasteiger partial charge is 0.416 e. The second-order valence-corrected chi connectivity index (χ2v) is 5.99. The van der Waals surface area contributed by atoms with E-state index in [2.05, 4.69) is 0 Å². The van der Waals surface area contributed by atoms with Crippen LogP contribution in [0.1, 0.15) is 38.3 Å². The molecular formula is C16H25F3N2. The Labute approximate surface area is 125 Å². The second-order valence-electron chi connectivity index (χ2n) is 5.99. The highest BCUT2D eigenvalue weighted by Crippen LogP contribution is 2.35. The summed E-state index contributed by atoms with van der Waals surface area (Å²) in [4.78, 5) is 1.85. The Hall–Kier alpha value is -1.23. The lowest BCUT2D eigenvalue weighted by Crippen LogP contribution is -2.25. The van der Waals surface area contributed by atoms with Gasteiger partial charge in [-0.05, 0) is 36.5 Å². The molecule has 1 unspecified atom stereocenters.